The number of nitrogens with one attached hydrogen (secondary N) is 1. The third-order valence-corrected chi connectivity index (χ3v) is 8.01. The molecule has 2 aromatic rings. The Kier molecular flexibility index (Phi) is 8.17. The number of unbranched alkanes of at least 4 members (excludes halogenated alkanes) is 2. The molecule has 1 saturated heterocycles. The Morgan fingerprint density at radius 3 is 2.64 bits per heavy atom. The first-order chi connectivity index (χ1) is 17.7. The summed E-state index contributed by atoms with van der Waals surface area (Å²) >= 11 is 3.47. The molecule has 6 nitrogen and oxygen atoms in total. The lowest BCUT2D eigenvalue weighted by Crippen LogP contribution is -2.34. The number of halogens is 1. The van der Waals surface area contributed by atoms with Crippen LogP contribution in [0.4, 0.5) is 5.69 Å². The number of methoxy groups -OCH3 is 1. The predicted octanol–water partition coefficient (Wildman–Crippen LogP) is 6.21. The van der Waals surface area contributed by atoms with Gasteiger partial charge in [-0.05, 0) is 67.2 Å². The minimum absolute atomic E-state index is 0.00371. The number of ether oxygens (including phenoxy) is 3. The lowest BCUT2D eigenvalue weighted by molar-refractivity contribution is 0.0796. The van der Waals surface area contributed by atoms with Crippen molar-refractivity contribution in [2.45, 2.75) is 50.5 Å². The molecule has 7 heteroatoms. The molecule has 0 saturated carbocycles. The van der Waals surface area contributed by atoms with E-state index in [1.165, 1.54) is 16.7 Å². The molecule has 192 valence electrons. The Hall–Kier alpha value is -2.51. The second kappa shape index (κ2) is 11.7. The van der Waals surface area contributed by atoms with Gasteiger partial charge in [-0.25, -0.2) is 0 Å². The van der Waals surface area contributed by atoms with Crippen LogP contribution in [-0.2, 0) is 4.74 Å². The van der Waals surface area contributed by atoms with Crippen LogP contribution in [0.2, 0.25) is 0 Å². The molecule has 2 aromatic carbocycles. The number of hydrogen-bond donors (Lipinski definition) is 1. The fourth-order valence-electron chi connectivity index (χ4n) is 5.34. The van der Waals surface area contributed by atoms with E-state index in [0.29, 0.717) is 36.1 Å². The first-order valence-corrected chi connectivity index (χ1v) is 14.2. The van der Waals surface area contributed by atoms with E-state index in [-0.39, 0.29) is 11.9 Å². The van der Waals surface area contributed by atoms with E-state index in [1.807, 2.05) is 23.2 Å². The zero-order valence-corrected chi connectivity index (χ0v) is 22.5. The molecule has 5 rings (SSSR count). The number of hydrogen-bond acceptors (Lipinski definition) is 5. The van der Waals surface area contributed by atoms with Crippen LogP contribution >= 0.6 is 15.9 Å². The van der Waals surface area contributed by atoms with Crippen LogP contribution in [0.25, 0.3) is 5.57 Å². The van der Waals surface area contributed by atoms with Gasteiger partial charge in [0.05, 0.1) is 31.0 Å². The summed E-state index contributed by atoms with van der Waals surface area (Å²) in [7, 11) is 1.62. The van der Waals surface area contributed by atoms with Crippen LogP contribution in [0, 0.1) is 0 Å². The van der Waals surface area contributed by atoms with Gasteiger partial charge < -0.3 is 24.4 Å². The number of nitrogens with zero attached hydrogens (tertiary/aromatic N) is 1. The molecule has 0 aromatic heterocycles. The zero-order valence-electron chi connectivity index (χ0n) is 20.9. The molecule has 1 N–H and O–H groups in total. The predicted molar refractivity (Wildman–Crippen MR) is 146 cm³/mol. The van der Waals surface area contributed by atoms with E-state index >= 15 is 0 Å². The maximum atomic E-state index is 13.6. The van der Waals surface area contributed by atoms with Crippen molar-refractivity contribution in [2.24, 2.45) is 0 Å². The summed E-state index contributed by atoms with van der Waals surface area (Å²) in [5.74, 6) is 1.85. The van der Waals surface area contributed by atoms with Crippen LogP contribution in [0.5, 0.6) is 11.5 Å². The average Bonchev–Trinajstić information content (AvgIpc) is 3.31. The van der Waals surface area contributed by atoms with E-state index in [1.54, 1.807) is 7.11 Å². The van der Waals surface area contributed by atoms with Crippen molar-refractivity contribution >= 4 is 33.1 Å². The number of carbonyl (C=O) groups excluding carboxylic acids is 1. The van der Waals surface area contributed by atoms with Crippen LogP contribution in [0.3, 0.4) is 0 Å². The van der Waals surface area contributed by atoms with Gasteiger partial charge in [-0.2, -0.15) is 0 Å². The molecule has 3 aliphatic heterocycles. The van der Waals surface area contributed by atoms with Gasteiger partial charge in [0.2, 0.25) is 0 Å². The molecule has 1 atom stereocenters. The Morgan fingerprint density at radius 2 is 1.89 bits per heavy atom. The van der Waals surface area contributed by atoms with Crippen molar-refractivity contribution in [1.29, 1.82) is 0 Å². The summed E-state index contributed by atoms with van der Waals surface area (Å²) in [6.07, 6.45) is 8.27. The molecule has 3 heterocycles. The van der Waals surface area contributed by atoms with E-state index < -0.39 is 0 Å². The topological polar surface area (TPSA) is 60.0 Å². The Balaban J connectivity index is 1.31. The molecule has 0 aliphatic carbocycles. The van der Waals surface area contributed by atoms with E-state index in [4.69, 9.17) is 14.2 Å². The summed E-state index contributed by atoms with van der Waals surface area (Å²) in [4.78, 5) is 15.5. The first-order valence-electron chi connectivity index (χ1n) is 13.0. The standard InChI is InChI=1S/C29H35BrN2O4/c1-34-27-16-25-26(17-28(27)36-12-4-2-3-11-30)31-18-24-15-23(19-32(24)29(25)33)21-7-5-20(6-8-21)22-9-13-35-14-10-22/h5-8,16-17,19,22,24,31H,2-4,9-15,18H2,1H3/t24-/m0/s1. The van der Waals surface area contributed by atoms with Crippen molar-refractivity contribution in [1.82, 2.24) is 4.90 Å². The van der Waals surface area contributed by atoms with E-state index in [0.717, 1.165) is 62.8 Å². The number of fused-ring (bicyclic) bond motifs is 2. The minimum atomic E-state index is -0.00371. The molecule has 3 aliphatic rings. The van der Waals surface area contributed by atoms with Crippen molar-refractivity contribution in [2.75, 3.05) is 44.1 Å². The van der Waals surface area contributed by atoms with Crippen LogP contribution in [0.15, 0.2) is 42.6 Å². The molecule has 1 amide bonds. The van der Waals surface area contributed by atoms with Gasteiger partial charge in [0.15, 0.2) is 11.5 Å². The maximum absolute atomic E-state index is 13.6. The van der Waals surface area contributed by atoms with E-state index in [9.17, 15) is 4.79 Å². The molecular formula is C29H35BrN2O4. The third kappa shape index (κ3) is 5.42. The number of rotatable bonds is 9. The number of carbonyl (C=O) groups is 1. The molecule has 1 fully saturated rings. The van der Waals surface area contributed by atoms with Gasteiger partial charge >= 0.3 is 0 Å². The Bertz CT molecular complexity index is 1100. The minimum Gasteiger partial charge on any atom is -0.493 e. The summed E-state index contributed by atoms with van der Waals surface area (Å²) in [5, 5.41) is 4.51. The fraction of sp³-hybridized carbons (Fsp3) is 0.483. The quantitative estimate of drug-likeness (QED) is 0.294. The molecule has 0 unspecified atom stereocenters. The Morgan fingerprint density at radius 1 is 1.08 bits per heavy atom. The van der Waals surface area contributed by atoms with Gasteiger partial charge in [0.25, 0.3) is 5.91 Å². The molecule has 0 spiro atoms. The number of amides is 1. The third-order valence-electron chi connectivity index (χ3n) is 7.45. The first kappa shape index (κ1) is 25.2. The normalized spacial score (nSPS) is 19.7. The number of alkyl halides is 1. The van der Waals surface area contributed by atoms with Gasteiger partial charge in [-0.3, -0.25) is 4.79 Å². The summed E-state index contributed by atoms with van der Waals surface area (Å²) < 4.78 is 17.1. The van der Waals surface area contributed by atoms with Crippen LogP contribution < -0.4 is 14.8 Å². The second-order valence-electron chi connectivity index (χ2n) is 9.76. The van der Waals surface area contributed by atoms with Crippen molar-refractivity contribution in [3.05, 3.63) is 59.3 Å². The molecular weight excluding hydrogens is 520 g/mol. The SMILES string of the molecule is COc1cc2c(cc1OCCCCCBr)NC[C@@H]1CC(c3ccc(C4CCOCC4)cc3)=CN1C2=O. The molecule has 0 radical (unpaired) electrons. The van der Waals surface area contributed by atoms with Crippen molar-refractivity contribution < 1.29 is 19.0 Å². The highest BCUT2D eigenvalue weighted by Gasteiger charge is 2.35. The van der Waals surface area contributed by atoms with Crippen LogP contribution in [0.1, 0.15) is 65.9 Å². The highest BCUT2D eigenvalue weighted by atomic mass is 79.9. The summed E-state index contributed by atoms with van der Waals surface area (Å²) in [5.41, 5.74) is 5.20. The molecule has 36 heavy (non-hydrogen) atoms. The summed E-state index contributed by atoms with van der Waals surface area (Å²) in [6, 6.07) is 12.7. The fourth-order valence-corrected chi connectivity index (χ4v) is 5.74. The largest absolute Gasteiger partial charge is 0.493 e. The van der Waals surface area contributed by atoms with Crippen molar-refractivity contribution in [3.8, 4) is 11.5 Å². The second-order valence-corrected chi connectivity index (χ2v) is 10.6. The number of benzene rings is 2. The van der Waals surface area contributed by atoms with Gasteiger partial charge in [0, 0.05) is 37.4 Å². The lowest BCUT2D eigenvalue weighted by atomic mass is 9.90. The average molecular weight is 556 g/mol. The molecule has 0 bridgehead atoms. The maximum Gasteiger partial charge on any atom is 0.260 e. The van der Waals surface area contributed by atoms with Crippen molar-refractivity contribution in [3.63, 3.8) is 0 Å². The lowest BCUT2D eigenvalue weighted by Gasteiger charge is -2.22. The number of anilines is 1. The smallest absolute Gasteiger partial charge is 0.260 e. The van der Waals surface area contributed by atoms with Gasteiger partial charge in [-0.1, -0.05) is 40.2 Å². The van der Waals surface area contributed by atoms with E-state index in [2.05, 4.69) is 45.5 Å². The highest BCUT2D eigenvalue weighted by molar-refractivity contribution is 9.09. The van der Waals surface area contributed by atoms with Crippen LogP contribution in [-0.4, -0.2) is 55.7 Å². The van der Waals surface area contributed by atoms with Gasteiger partial charge in [0.1, 0.15) is 0 Å². The zero-order chi connectivity index (χ0) is 24.9. The monoisotopic (exact) mass is 554 g/mol. The Labute approximate surface area is 222 Å². The highest BCUT2D eigenvalue weighted by Crippen LogP contribution is 2.39. The van der Waals surface area contributed by atoms with Gasteiger partial charge in [-0.15, -0.1) is 0 Å². The summed E-state index contributed by atoms with van der Waals surface area (Å²) in [6.45, 7) is 3.02.